The van der Waals surface area contributed by atoms with E-state index in [1.165, 1.54) is 0 Å². The molecular weight excluding hydrogens is 148 g/mol. The van der Waals surface area contributed by atoms with E-state index < -0.39 is 11.9 Å². The number of esters is 2. The third kappa shape index (κ3) is 4.90. The summed E-state index contributed by atoms with van der Waals surface area (Å²) < 4.78 is 8.38. The van der Waals surface area contributed by atoms with Gasteiger partial charge in [-0.2, -0.15) is 0 Å². The standard InChI is InChI=1S/C7H7O4/c1-3-6(8)10-5-11-7(9)4-2/h3-5H,1-2H2. The van der Waals surface area contributed by atoms with Crippen LogP contribution in [0.1, 0.15) is 0 Å². The number of carbonyl (C=O) groups is 2. The molecule has 0 fully saturated rings. The highest BCUT2D eigenvalue weighted by Crippen LogP contribution is 1.88. The lowest BCUT2D eigenvalue weighted by atomic mass is 10.7. The zero-order valence-corrected chi connectivity index (χ0v) is 5.78. The average molecular weight is 155 g/mol. The Hall–Kier alpha value is -1.58. The molecule has 0 aromatic heterocycles. The molecule has 0 aromatic carbocycles. The molecule has 0 amide bonds. The lowest BCUT2D eigenvalue weighted by molar-refractivity contribution is -0.149. The summed E-state index contributed by atoms with van der Waals surface area (Å²) in [4.78, 5) is 20.6. The van der Waals surface area contributed by atoms with E-state index in [-0.39, 0.29) is 0 Å². The van der Waals surface area contributed by atoms with Crippen molar-refractivity contribution in [3.8, 4) is 0 Å². The number of carbonyl (C=O) groups excluding carboxylic acids is 2. The summed E-state index contributed by atoms with van der Waals surface area (Å²) in [6.45, 7) is 6.87. The van der Waals surface area contributed by atoms with Crippen LogP contribution in [0, 0.1) is 6.79 Å². The Kier molecular flexibility index (Phi) is 4.47. The molecule has 0 rings (SSSR count). The van der Waals surface area contributed by atoms with Crippen molar-refractivity contribution in [3.05, 3.63) is 32.1 Å². The van der Waals surface area contributed by atoms with E-state index in [4.69, 9.17) is 0 Å². The van der Waals surface area contributed by atoms with Crippen molar-refractivity contribution in [1.29, 1.82) is 0 Å². The van der Waals surface area contributed by atoms with Gasteiger partial charge in [-0.05, 0) is 0 Å². The molecule has 0 spiro atoms. The van der Waals surface area contributed by atoms with Gasteiger partial charge in [-0.1, -0.05) is 13.2 Å². The molecule has 4 heteroatoms. The summed E-state index contributed by atoms with van der Waals surface area (Å²) in [6, 6.07) is 0. The van der Waals surface area contributed by atoms with Crippen molar-refractivity contribution in [2.75, 3.05) is 0 Å². The van der Waals surface area contributed by atoms with E-state index in [9.17, 15) is 9.59 Å². The second kappa shape index (κ2) is 5.22. The van der Waals surface area contributed by atoms with Crippen LogP contribution in [-0.2, 0) is 19.1 Å². The SMILES string of the molecule is C=CC(=O)O[CH]OC(=O)C=C. The van der Waals surface area contributed by atoms with Gasteiger partial charge in [0.1, 0.15) is 0 Å². The first-order valence-corrected chi connectivity index (χ1v) is 2.68. The maximum atomic E-state index is 10.3. The lowest BCUT2D eigenvalue weighted by Crippen LogP contribution is -2.03. The predicted molar refractivity (Wildman–Crippen MR) is 36.9 cm³/mol. The Balaban J connectivity index is 3.41. The molecule has 0 heterocycles. The summed E-state index contributed by atoms with van der Waals surface area (Å²) in [5, 5.41) is 0. The van der Waals surface area contributed by atoms with Crippen molar-refractivity contribution in [1.82, 2.24) is 0 Å². The Morgan fingerprint density at radius 2 is 1.36 bits per heavy atom. The molecule has 59 valence electrons. The van der Waals surface area contributed by atoms with Crippen molar-refractivity contribution in [2.24, 2.45) is 0 Å². The number of ether oxygens (including phenoxy) is 2. The largest absolute Gasteiger partial charge is 0.414 e. The minimum Gasteiger partial charge on any atom is -0.414 e. The van der Waals surface area contributed by atoms with Crippen molar-refractivity contribution < 1.29 is 19.1 Å². The van der Waals surface area contributed by atoms with Gasteiger partial charge in [0.05, 0.1) is 0 Å². The molecule has 0 saturated carbocycles. The molecular formula is C7H7O4. The highest BCUT2D eigenvalue weighted by molar-refractivity contribution is 5.83. The monoisotopic (exact) mass is 155 g/mol. The third-order valence-corrected chi connectivity index (χ3v) is 0.662. The zero-order chi connectivity index (χ0) is 8.69. The van der Waals surface area contributed by atoms with E-state index >= 15 is 0 Å². The van der Waals surface area contributed by atoms with Crippen molar-refractivity contribution >= 4 is 11.9 Å². The van der Waals surface area contributed by atoms with Crippen LogP contribution in [0.15, 0.2) is 25.3 Å². The molecule has 0 N–H and O–H groups in total. The first-order valence-electron chi connectivity index (χ1n) is 2.68. The molecule has 4 nitrogen and oxygen atoms in total. The van der Waals surface area contributed by atoms with E-state index in [1.54, 1.807) is 0 Å². The van der Waals surface area contributed by atoms with Crippen LogP contribution < -0.4 is 0 Å². The van der Waals surface area contributed by atoms with Crippen LogP contribution in [0.2, 0.25) is 0 Å². The Morgan fingerprint density at radius 3 is 1.64 bits per heavy atom. The lowest BCUT2D eigenvalue weighted by Gasteiger charge is -1.98. The molecule has 0 aliphatic heterocycles. The summed E-state index contributed by atoms with van der Waals surface area (Å²) in [6.07, 6.45) is 1.89. The summed E-state index contributed by atoms with van der Waals surface area (Å²) in [7, 11) is 0. The van der Waals surface area contributed by atoms with Crippen LogP contribution in [0.5, 0.6) is 0 Å². The van der Waals surface area contributed by atoms with Crippen LogP contribution >= 0.6 is 0 Å². The van der Waals surface area contributed by atoms with E-state index in [0.717, 1.165) is 12.2 Å². The smallest absolute Gasteiger partial charge is 0.333 e. The van der Waals surface area contributed by atoms with Crippen LogP contribution in [0.4, 0.5) is 0 Å². The fraction of sp³-hybridized carbons (Fsp3) is 0. The first kappa shape index (κ1) is 9.42. The van der Waals surface area contributed by atoms with Crippen molar-refractivity contribution in [2.45, 2.75) is 0 Å². The number of rotatable bonds is 4. The quantitative estimate of drug-likeness (QED) is 0.439. The third-order valence-electron chi connectivity index (χ3n) is 0.662. The molecule has 1 radical (unpaired) electrons. The fourth-order valence-electron chi connectivity index (χ4n) is 0.215. The molecule has 0 aliphatic rings. The maximum absolute atomic E-state index is 10.3. The van der Waals surface area contributed by atoms with Crippen LogP contribution in [0.25, 0.3) is 0 Å². The minimum atomic E-state index is -0.693. The number of hydrogen-bond acceptors (Lipinski definition) is 4. The topological polar surface area (TPSA) is 52.6 Å². The summed E-state index contributed by atoms with van der Waals surface area (Å²) in [5.74, 6) is -1.39. The Morgan fingerprint density at radius 1 is 1.00 bits per heavy atom. The van der Waals surface area contributed by atoms with Gasteiger partial charge in [-0.25, -0.2) is 9.59 Å². The Bertz CT molecular complexity index is 163. The minimum absolute atomic E-state index is 0.619. The molecule has 0 aromatic rings. The second-order valence-electron chi connectivity index (χ2n) is 1.38. The molecule has 0 unspecified atom stereocenters. The second-order valence-corrected chi connectivity index (χ2v) is 1.38. The van der Waals surface area contributed by atoms with Gasteiger partial charge in [0.25, 0.3) is 0 Å². The highest BCUT2D eigenvalue weighted by Gasteiger charge is 1.99. The van der Waals surface area contributed by atoms with Gasteiger partial charge in [-0.15, -0.1) is 0 Å². The van der Waals surface area contributed by atoms with Gasteiger partial charge >= 0.3 is 18.7 Å². The fourth-order valence-corrected chi connectivity index (χ4v) is 0.215. The van der Waals surface area contributed by atoms with Crippen LogP contribution in [0.3, 0.4) is 0 Å². The molecule has 0 atom stereocenters. The normalized spacial score (nSPS) is 8.00. The zero-order valence-electron chi connectivity index (χ0n) is 5.78. The Labute approximate surface area is 64.1 Å². The average Bonchev–Trinajstić information content (AvgIpc) is 2.04. The van der Waals surface area contributed by atoms with Crippen molar-refractivity contribution in [3.63, 3.8) is 0 Å². The van der Waals surface area contributed by atoms with Gasteiger partial charge in [0.2, 0.25) is 0 Å². The molecule has 0 aliphatic carbocycles. The van der Waals surface area contributed by atoms with Gasteiger partial charge < -0.3 is 9.47 Å². The van der Waals surface area contributed by atoms with E-state index in [1.807, 2.05) is 0 Å². The van der Waals surface area contributed by atoms with E-state index in [2.05, 4.69) is 22.6 Å². The van der Waals surface area contributed by atoms with Gasteiger partial charge in [0, 0.05) is 12.2 Å². The number of hydrogen-bond donors (Lipinski definition) is 0. The molecule has 0 saturated heterocycles. The molecule has 0 bridgehead atoms. The summed E-state index contributed by atoms with van der Waals surface area (Å²) in [5.41, 5.74) is 0. The maximum Gasteiger partial charge on any atom is 0.333 e. The van der Waals surface area contributed by atoms with Gasteiger partial charge in [0.15, 0.2) is 0 Å². The van der Waals surface area contributed by atoms with Gasteiger partial charge in [-0.3, -0.25) is 0 Å². The first-order chi connectivity index (χ1) is 5.20. The van der Waals surface area contributed by atoms with E-state index in [0.29, 0.717) is 6.79 Å². The predicted octanol–water partition coefficient (Wildman–Crippen LogP) is 0.564. The highest BCUT2D eigenvalue weighted by atomic mass is 16.7. The van der Waals surface area contributed by atoms with Crippen LogP contribution in [-0.4, -0.2) is 11.9 Å². The summed E-state index contributed by atoms with van der Waals surface area (Å²) >= 11 is 0. The molecule has 11 heavy (non-hydrogen) atoms.